The summed E-state index contributed by atoms with van der Waals surface area (Å²) in [6, 6.07) is -11.3. The Labute approximate surface area is 675 Å². The third kappa shape index (κ3) is 22.6. The van der Waals surface area contributed by atoms with E-state index in [1.165, 1.54) is 71.7 Å². The lowest BCUT2D eigenvalue weighted by Gasteiger charge is -2.47. The van der Waals surface area contributed by atoms with E-state index < -0.39 is 230 Å². The second-order valence-electron chi connectivity index (χ2n) is 34.4. The van der Waals surface area contributed by atoms with Crippen LogP contribution in [0.1, 0.15) is 201 Å². The minimum atomic E-state index is -5.22. The van der Waals surface area contributed by atoms with E-state index in [0.29, 0.717) is 83.5 Å². The highest BCUT2D eigenvalue weighted by molar-refractivity contribution is 6.20. The number of amides is 12. The Bertz CT molecular complexity index is 3400. The minimum absolute atomic E-state index is 0.00536. The number of rotatable bonds is 13. The Morgan fingerprint density at radius 1 is 0.583 bits per heavy atom. The topological polar surface area (TPSA) is 289 Å². The molecule has 12 atom stereocenters. The van der Waals surface area contributed by atoms with Crippen LogP contribution < -0.4 is 16.0 Å². The third-order valence-corrected chi connectivity index (χ3v) is 27.2. The summed E-state index contributed by atoms with van der Waals surface area (Å²) in [5, 5.41) is 8.43. The van der Waals surface area contributed by atoms with Crippen LogP contribution >= 0.6 is 11.6 Å². The summed E-state index contributed by atoms with van der Waals surface area (Å²) >= 11 is 6.61. The maximum Gasteiger partial charge on any atom is 0.397 e. The van der Waals surface area contributed by atoms with Crippen LogP contribution in [0.4, 0.5) is 35.1 Å². The summed E-state index contributed by atoms with van der Waals surface area (Å²) in [7, 11) is 8.18. The van der Waals surface area contributed by atoms with E-state index in [1.54, 1.807) is 20.8 Å². The Morgan fingerprint density at radius 3 is 1.77 bits per heavy atom. The first-order valence-electron chi connectivity index (χ1n) is 41.9. The van der Waals surface area contributed by atoms with E-state index >= 15 is 56.7 Å². The molecule has 5 aliphatic carbocycles. The predicted octanol–water partition coefficient (Wildman–Crippen LogP) is 7.49. The van der Waals surface area contributed by atoms with Crippen molar-refractivity contribution in [3.8, 4) is 0 Å². The van der Waals surface area contributed by atoms with Gasteiger partial charge < -0.3 is 69.5 Å². The number of carbonyl (C=O) groups is 12. The third-order valence-electron chi connectivity index (χ3n) is 26.7. The Balaban J connectivity index is 1.12. The van der Waals surface area contributed by atoms with Crippen LogP contribution in [0.3, 0.4) is 0 Å². The molecular formula is C80H123ClF8N12O14. The molecule has 650 valence electrons. The van der Waals surface area contributed by atoms with Crippen molar-refractivity contribution in [1.29, 1.82) is 0 Å². The summed E-state index contributed by atoms with van der Waals surface area (Å²) < 4.78 is 127. The summed E-state index contributed by atoms with van der Waals surface area (Å²) in [4.78, 5) is 195. The van der Waals surface area contributed by atoms with Crippen molar-refractivity contribution in [2.45, 2.75) is 291 Å². The normalized spacial score (nSPS) is 33.5. The van der Waals surface area contributed by atoms with Gasteiger partial charge in [-0.15, -0.1) is 11.6 Å². The maximum absolute atomic E-state index is 15.9. The molecule has 35 heteroatoms. The Kier molecular flexibility index (Phi) is 32.4. The number of hydrogen-bond donors (Lipinski definition) is 3. The number of carbonyl (C=O) groups excluding carboxylic acids is 12. The number of fused-ring (bicyclic) bond motifs is 3. The van der Waals surface area contributed by atoms with Gasteiger partial charge in [0.05, 0.1) is 44.7 Å². The van der Waals surface area contributed by atoms with Gasteiger partial charge in [-0.1, -0.05) is 46.0 Å². The fourth-order valence-electron chi connectivity index (χ4n) is 19.2. The molecule has 3 N–H and O–H groups in total. The highest BCUT2D eigenvalue weighted by atomic mass is 35.5. The summed E-state index contributed by atoms with van der Waals surface area (Å²) in [6.45, 7) is 3.89. The molecular weight excluding hydrogens is 1540 g/mol. The van der Waals surface area contributed by atoms with Crippen LogP contribution in [-0.2, 0) is 67.0 Å². The first-order chi connectivity index (χ1) is 54.3. The van der Waals surface area contributed by atoms with Gasteiger partial charge in [0.25, 0.3) is 0 Å². The van der Waals surface area contributed by atoms with Crippen molar-refractivity contribution in [2.75, 3.05) is 101 Å². The van der Waals surface area contributed by atoms with Crippen molar-refractivity contribution in [3.05, 3.63) is 0 Å². The number of nitrogens with one attached hydrogen (secondary N) is 3. The summed E-state index contributed by atoms with van der Waals surface area (Å²) in [5.41, 5.74) is -1.71. The molecule has 9 rings (SSSR count). The number of halogens is 9. The zero-order valence-corrected chi connectivity index (χ0v) is 69.0. The van der Waals surface area contributed by atoms with Crippen LogP contribution in [0.15, 0.2) is 0 Å². The molecule has 115 heavy (non-hydrogen) atoms. The average Bonchev–Trinajstić information content (AvgIpc) is 1.69. The molecule has 5 saturated carbocycles. The molecule has 4 heterocycles. The van der Waals surface area contributed by atoms with Crippen molar-refractivity contribution in [3.63, 3.8) is 0 Å². The van der Waals surface area contributed by atoms with Gasteiger partial charge in [-0.05, 0) is 171 Å². The lowest BCUT2D eigenvalue weighted by molar-refractivity contribution is -0.219. The smallest absolute Gasteiger partial charge is 0.378 e. The molecule has 4 aliphatic heterocycles. The lowest BCUT2D eigenvalue weighted by atomic mass is 9.74. The van der Waals surface area contributed by atoms with E-state index in [1.807, 2.05) is 0 Å². The molecule has 26 nitrogen and oxygen atoms in total. The molecule has 2 unspecified atom stereocenters. The van der Waals surface area contributed by atoms with Crippen molar-refractivity contribution >= 4 is 82.5 Å². The van der Waals surface area contributed by atoms with Gasteiger partial charge >= 0.3 is 12.4 Å². The Hall–Kier alpha value is -6.71. The fourth-order valence-corrected chi connectivity index (χ4v) is 19.5. The minimum Gasteiger partial charge on any atom is -0.378 e. The van der Waals surface area contributed by atoms with Crippen LogP contribution in [0, 0.1) is 41.4 Å². The summed E-state index contributed by atoms with van der Waals surface area (Å²) in [5.74, 6) is -16.7. The highest BCUT2D eigenvalue weighted by Gasteiger charge is 2.57. The molecule has 12 amide bonds. The number of likely N-dealkylation sites (N-methyl/N-ethyl adjacent to an activating group) is 6. The number of alkyl halides is 9. The molecule has 0 aromatic rings. The molecule has 2 bridgehead atoms. The standard InChI is InChI=1S/C80H123ClF8N12O14/c1-10-47(3)67-75(111)94(5)46-65(104)95(6)58-20-13-12-16-33-100(74(58)110)62(41-48-21-26-52(27-22-48)79(84,85)86)72(108)93(4)45-63(102)90-57(30-25-50-38-55(82)66(56(83)39-50)80(87,88)89)71(107)101-44-54(115-11-2)42-60(101)70(106)92-78(31-17-32-78)77(113)98(9)68(51-18-14-15-19-51)76(112)97(8)61(73(109)99-34-36-114-37-35-99)43-64(103)96(7)59(69(105)91-67)40-49-23-28-53(81)29-24-49/h47-62,66-68H,10-46H2,1-9H3,(H,90,102)(H,91,105)(H,92,106)/t47-,48?,49?,50?,52?,53?,54+,55?,56?,57-,58-,59-,60-,61-,62-,66?,67-,68-/m0/s1. The van der Waals surface area contributed by atoms with Crippen LogP contribution in [0.25, 0.3) is 0 Å². The average molecular weight is 1660 g/mol. The van der Waals surface area contributed by atoms with Crippen LogP contribution in [-0.4, -0.2) is 306 Å². The number of nitrogens with zero attached hydrogens (tertiary/aromatic N) is 9. The van der Waals surface area contributed by atoms with E-state index in [-0.39, 0.29) is 128 Å². The first kappa shape index (κ1) is 92.2. The highest BCUT2D eigenvalue weighted by Crippen LogP contribution is 2.46. The second kappa shape index (κ2) is 40.4. The lowest BCUT2D eigenvalue weighted by Crippen LogP contribution is -2.68. The zero-order valence-electron chi connectivity index (χ0n) is 68.3. The number of hydrogen-bond acceptors (Lipinski definition) is 14. The van der Waals surface area contributed by atoms with Gasteiger partial charge in [0, 0.05) is 86.9 Å². The first-order valence-corrected chi connectivity index (χ1v) is 42.3. The van der Waals surface area contributed by atoms with E-state index in [0.717, 1.165) is 14.7 Å². The van der Waals surface area contributed by atoms with Gasteiger partial charge in [-0.2, -0.15) is 26.3 Å². The zero-order chi connectivity index (χ0) is 84.3. The van der Waals surface area contributed by atoms with Gasteiger partial charge in [0.1, 0.15) is 72.1 Å². The Morgan fingerprint density at radius 2 is 1.18 bits per heavy atom. The van der Waals surface area contributed by atoms with Gasteiger partial charge in [-0.3, -0.25) is 57.5 Å². The second-order valence-corrected chi connectivity index (χ2v) is 35.1. The van der Waals surface area contributed by atoms with Crippen molar-refractivity contribution in [1.82, 2.24) is 60.0 Å². The van der Waals surface area contributed by atoms with Crippen LogP contribution in [0.5, 0.6) is 0 Å². The predicted molar refractivity (Wildman–Crippen MR) is 407 cm³/mol. The van der Waals surface area contributed by atoms with Crippen LogP contribution in [0.2, 0.25) is 0 Å². The molecule has 0 aromatic carbocycles. The fraction of sp³-hybridized carbons (Fsp3) is 0.850. The van der Waals surface area contributed by atoms with E-state index in [9.17, 15) is 35.9 Å². The van der Waals surface area contributed by atoms with E-state index in [4.69, 9.17) is 21.1 Å². The molecule has 9 fully saturated rings. The van der Waals surface area contributed by atoms with E-state index in [2.05, 4.69) is 16.0 Å². The number of ether oxygens (including phenoxy) is 2. The van der Waals surface area contributed by atoms with Gasteiger partial charge in [0.2, 0.25) is 70.9 Å². The summed E-state index contributed by atoms with van der Waals surface area (Å²) in [6.07, 6.45) is -12.9. The van der Waals surface area contributed by atoms with Crippen molar-refractivity contribution < 1.29 is 102 Å². The SMILES string of the molecule is CCO[C@@H]1C[C@H]2C(=O)NC3(CCC3)C(=O)N(C)[C@@H](C3CCCC3)C(=O)N(C)[C@H](C(=O)N3CCOCC3)CC(=O)N(C)[C@@H](CC3CCC(Cl)CC3)C(=O)N[C@@H]([C@@H](C)CC)C(=O)N(C)CC(=O)N(C)[C@H]3CCCCCN(C3=O)[C@@H](CC3CCC(C(F)(F)F)CC3)C(=O)N(C)CC(=O)N[C@@H](CCC3CC(F)C(C(F)(F)F)C(F)C3)C(=O)N2C1. The number of morpholine rings is 1. The molecule has 1 spiro atoms. The van der Waals surface area contributed by atoms with Gasteiger partial charge in [0.15, 0.2) is 0 Å². The van der Waals surface area contributed by atoms with Crippen molar-refractivity contribution in [2.24, 2.45) is 41.4 Å². The molecule has 9 aliphatic rings. The monoisotopic (exact) mass is 1660 g/mol. The largest absolute Gasteiger partial charge is 0.397 e. The molecule has 4 saturated heterocycles. The van der Waals surface area contributed by atoms with Gasteiger partial charge in [-0.25, -0.2) is 8.78 Å². The molecule has 0 radical (unpaired) electrons. The maximum atomic E-state index is 15.9. The quantitative estimate of drug-likeness (QED) is 0.119. The molecule has 0 aromatic heterocycles.